The van der Waals surface area contributed by atoms with Gasteiger partial charge in [-0.2, -0.15) is 11.8 Å². The molecule has 1 fully saturated rings. The minimum absolute atomic E-state index is 0.107. The highest BCUT2D eigenvalue weighted by Crippen LogP contribution is 2.22. The third-order valence-corrected chi connectivity index (χ3v) is 4.06. The Hall–Kier alpha value is -1.63. The summed E-state index contributed by atoms with van der Waals surface area (Å²) >= 11 is 1.77. The Morgan fingerprint density at radius 1 is 1.58 bits per heavy atom. The normalized spacial score (nSPS) is 19.3. The molecule has 1 aliphatic rings. The topological polar surface area (TPSA) is 63.5 Å². The lowest BCUT2D eigenvalue weighted by molar-refractivity contribution is -0.385. The van der Waals surface area contributed by atoms with Crippen LogP contribution in [0.3, 0.4) is 0 Å². The molecule has 0 saturated carbocycles. The maximum absolute atomic E-state index is 13.8. The summed E-state index contributed by atoms with van der Waals surface area (Å²) in [7, 11) is 0. The Labute approximate surface area is 113 Å². The molecular weight excluding hydrogens is 271 g/mol. The summed E-state index contributed by atoms with van der Waals surface area (Å²) in [6, 6.07) is 3.12. The van der Waals surface area contributed by atoms with Gasteiger partial charge in [-0.25, -0.2) is 4.39 Å². The van der Waals surface area contributed by atoms with Crippen LogP contribution in [0.25, 0.3) is 0 Å². The molecule has 0 spiro atoms. The number of benzene rings is 1. The number of amides is 1. The highest BCUT2D eigenvalue weighted by atomic mass is 32.2. The predicted molar refractivity (Wildman–Crippen MR) is 70.9 cm³/mol. The van der Waals surface area contributed by atoms with Crippen molar-refractivity contribution in [3.05, 3.63) is 39.7 Å². The second-order valence-electron chi connectivity index (χ2n) is 4.35. The highest BCUT2D eigenvalue weighted by molar-refractivity contribution is 7.99. The van der Waals surface area contributed by atoms with Crippen LogP contribution in [0.2, 0.25) is 0 Å². The molecule has 0 aliphatic carbocycles. The number of hydrogen-bond donors (Lipinski definition) is 0. The number of rotatable bonds is 2. The molecule has 0 unspecified atom stereocenters. The first-order chi connectivity index (χ1) is 8.99. The number of halogens is 1. The molecule has 1 aromatic carbocycles. The Morgan fingerprint density at radius 3 is 2.89 bits per heavy atom. The number of carbonyl (C=O) groups is 1. The largest absolute Gasteiger partial charge is 0.337 e. The van der Waals surface area contributed by atoms with E-state index in [-0.39, 0.29) is 11.3 Å². The van der Waals surface area contributed by atoms with E-state index in [2.05, 4.69) is 0 Å². The first-order valence-corrected chi connectivity index (χ1v) is 6.88. The molecule has 1 saturated heterocycles. The van der Waals surface area contributed by atoms with Gasteiger partial charge in [0.15, 0.2) is 0 Å². The van der Waals surface area contributed by atoms with E-state index in [4.69, 9.17) is 0 Å². The molecule has 1 aromatic rings. The quantitative estimate of drug-likeness (QED) is 0.617. The van der Waals surface area contributed by atoms with Crippen molar-refractivity contribution in [3.8, 4) is 0 Å². The summed E-state index contributed by atoms with van der Waals surface area (Å²) in [5.74, 6) is -0.425. The zero-order chi connectivity index (χ0) is 14.0. The summed E-state index contributed by atoms with van der Waals surface area (Å²) in [6.07, 6.45) is 0. The van der Waals surface area contributed by atoms with Crippen LogP contribution in [-0.4, -0.2) is 39.8 Å². The van der Waals surface area contributed by atoms with Gasteiger partial charge in [0.2, 0.25) is 0 Å². The highest BCUT2D eigenvalue weighted by Gasteiger charge is 2.25. The molecule has 2 rings (SSSR count). The minimum Gasteiger partial charge on any atom is -0.337 e. The van der Waals surface area contributed by atoms with Crippen molar-refractivity contribution in [3.63, 3.8) is 0 Å². The second kappa shape index (κ2) is 5.56. The van der Waals surface area contributed by atoms with Gasteiger partial charge in [-0.15, -0.1) is 0 Å². The molecule has 102 valence electrons. The first-order valence-electron chi connectivity index (χ1n) is 5.84. The van der Waals surface area contributed by atoms with Gasteiger partial charge in [0.05, 0.1) is 16.6 Å². The number of hydrogen-bond acceptors (Lipinski definition) is 4. The fourth-order valence-corrected chi connectivity index (χ4v) is 2.98. The SMILES string of the molecule is C[C@H]1CN(C(=O)c2ccc([N+](=O)[O-])cc2F)CCS1. The fraction of sp³-hybridized carbons (Fsp3) is 0.417. The smallest absolute Gasteiger partial charge is 0.272 e. The van der Waals surface area contributed by atoms with Crippen molar-refractivity contribution >= 4 is 23.4 Å². The number of nitrogens with zero attached hydrogens (tertiary/aromatic N) is 2. The molecule has 0 bridgehead atoms. The van der Waals surface area contributed by atoms with Crippen molar-refractivity contribution in [2.75, 3.05) is 18.8 Å². The van der Waals surface area contributed by atoms with Gasteiger partial charge in [0.1, 0.15) is 5.82 Å². The summed E-state index contributed by atoms with van der Waals surface area (Å²) < 4.78 is 13.8. The Bertz CT molecular complexity index is 524. The number of nitro benzene ring substituents is 1. The molecule has 7 heteroatoms. The van der Waals surface area contributed by atoms with Gasteiger partial charge in [-0.3, -0.25) is 14.9 Å². The second-order valence-corrected chi connectivity index (χ2v) is 5.90. The van der Waals surface area contributed by atoms with E-state index < -0.39 is 16.6 Å². The van der Waals surface area contributed by atoms with E-state index >= 15 is 0 Å². The molecule has 5 nitrogen and oxygen atoms in total. The van der Waals surface area contributed by atoms with E-state index in [0.717, 1.165) is 17.9 Å². The third-order valence-electron chi connectivity index (χ3n) is 2.92. The first kappa shape index (κ1) is 13.8. The van der Waals surface area contributed by atoms with Gasteiger partial charge in [-0.1, -0.05) is 6.92 Å². The van der Waals surface area contributed by atoms with E-state index in [1.807, 2.05) is 6.92 Å². The van der Waals surface area contributed by atoms with Gasteiger partial charge < -0.3 is 4.90 Å². The molecular formula is C12H13FN2O3S. The number of non-ortho nitro benzene ring substituents is 1. The van der Waals surface area contributed by atoms with E-state index in [9.17, 15) is 19.3 Å². The maximum Gasteiger partial charge on any atom is 0.272 e. The van der Waals surface area contributed by atoms with Crippen molar-refractivity contribution in [1.82, 2.24) is 4.90 Å². The molecule has 1 heterocycles. The fourth-order valence-electron chi connectivity index (χ4n) is 1.96. The number of nitro groups is 1. The zero-order valence-electron chi connectivity index (χ0n) is 10.3. The number of carbonyl (C=O) groups excluding carboxylic acids is 1. The van der Waals surface area contributed by atoms with Crippen LogP contribution in [0, 0.1) is 15.9 Å². The van der Waals surface area contributed by atoms with Crippen molar-refractivity contribution in [2.24, 2.45) is 0 Å². The van der Waals surface area contributed by atoms with Crippen molar-refractivity contribution < 1.29 is 14.1 Å². The van der Waals surface area contributed by atoms with Crippen LogP contribution in [-0.2, 0) is 0 Å². The summed E-state index contributed by atoms with van der Waals surface area (Å²) in [5, 5.41) is 10.8. The maximum atomic E-state index is 13.8. The van der Waals surface area contributed by atoms with Gasteiger partial charge in [0, 0.05) is 30.2 Å². The number of thioether (sulfide) groups is 1. The lowest BCUT2D eigenvalue weighted by Crippen LogP contribution is -2.41. The Kier molecular flexibility index (Phi) is 4.04. The molecule has 0 radical (unpaired) electrons. The van der Waals surface area contributed by atoms with Crippen LogP contribution in [0.1, 0.15) is 17.3 Å². The van der Waals surface area contributed by atoms with E-state index in [0.29, 0.717) is 18.3 Å². The lowest BCUT2D eigenvalue weighted by Gasteiger charge is -2.30. The van der Waals surface area contributed by atoms with E-state index in [1.165, 1.54) is 6.07 Å². The average Bonchev–Trinajstić information content (AvgIpc) is 2.37. The van der Waals surface area contributed by atoms with Crippen LogP contribution in [0.15, 0.2) is 18.2 Å². The molecule has 0 aromatic heterocycles. The van der Waals surface area contributed by atoms with Crippen molar-refractivity contribution in [2.45, 2.75) is 12.2 Å². The van der Waals surface area contributed by atoms with Gasteiger partial charge in [-0.05, 0) is 6.07 Å². The molecule has 19 heavy (non-hydrogen) atoms. The van der Waals surface area contributed by atoms with E-state index in [1.54, 1.807) is 16.7 Å². The zero-order valence-corrected chi connectivity index (χ0v) is 11.2. The Morgan fingerprint density at radius 2 is 2.32 bits per heavy atom. The van der Waals surface area contributed by atoms with Crippen LogP contribution >= 0.6 is 11.8 Å². The molecule has 1 aliphatic heterocycles. The monoisotopic (exact) mass is 284 g/mol. The van der Waals surface area contributed by atoms with Crippen LogP contribution < -0.4 is 0 Å². The van der Waals surface area contributed by atoms with Crippen LogP contribution in [0.5, 0.6) is 0 Å². The summed E-state index contributed by atoms with van der Waals surface area (Å²) in [5.41, 5.74) is -0.457. The Balaban J connectivity index is 2.21. The minimum atomic E-state index is -0.843. The standard InChI is InChI=1S/C12H13FN2O3S/c1-8-7-14(4-5-19-8)12(16)10-3-2-9(15(17)18)6-11(10)13/h2-3,6,8H,4-5,7H2,1H3/t8-/m0/s1. The molecule has 1 amide bonds. The summed E-state index contributed by atoms with van der Waals surface area (Å²) in [6.45, 7) is 3.15. The molecule has 1 atom stereocenters. The van der Waals surface area contributed by atoms with Crippen LogP contribution in [0.4, 0.5) is 10.1 Å². The van der Waals surface area contributed by atoms with Gasteiger partial charge >= 0.3 is 0 Å². The predicted octanol–water partition coefficient (Wildman–Crippen LogP) is 2.31. The lowest BCUT2D eigenvalue weighted by atomic mass is 10.1. The average molecular weight is 284 g/mol. The van der Waals surface area contributed by atoms with Crippen molar-refractivity contribution in [1.29, 1.82) is 0 Å². The summed E-state index contributed by atoms with van der Waals surface area (Å²) in [4.78, 5) is 23.6. The third kappa shape index (κ3) is 3.04. The van der Waals surface area contributed by atoms with Gasteiger partial charge in [0.25, 0.3) is 11.6 Å². The molecule has 0 N–H and O–H groups in total.